The molecule has 0 bridgehead atoms. The summed E-state index contributed by atoms with van der Waals surface area (Å²) in [6.07, 6.45) is 0. The summed E-state index contributed by atoms with van der Waals surface area (Å²) in [4.78, 5) is 4.91. The predicted molar refractivity (Wildman–Crippen MR) is 231 cm³/mol. The van der Waals surface area contributed by atoms with Gasteiger partial charge in [0.25, 0.3) is 0 Å². The molecule has 0 amide bonds. The SMILES string of the molecule is Cc1cc(N(c2ccccc2)c2ccccc2)c2ccc3c(C)cc(N(c4ccccc4)c4ccc5c(c4)[Si](C)(C)c4ccccc4-5)c4ccc1c2c34. The summed E-state index contributed by atoms with van der Waals surface area (Å²) in [5, 5.41) is 10.8. The first kappa shape index (κ1) is 31.6. The summed E-state index contributed by atoms with van der Waals surface area (Å²) >= 11 is 0. The van der Waals surface area contributed by atoms with Gasteiger partial charge in [-0.15, -0.1) is 0 Å². The maximum absolute atomic E-state index is 2.50. The van der Waals surface area contributed by atoms with E-state index in [1.54, 1.807) is 0 Å². The third-order valence-electron chi connectivity index (χ3n) is 11.6. The van der Waals surface area contributed by atoms with Gasteiger partial charge in [-0.3, -0.25) is 0 Å². The number of benzene rings is 9. The molecule has 1 heterocycles. The highest BCUT2D eigenvalue weighted by molar-refractivity contribution is 7.03. The molecule has 0 aromatic heterocycles. The molecule has 0 N–H and O–H groups in total. The van der Waals surface area contributed by atoms with Crippen molar-refractivity contribution in [2.45, 2.75) is 26.9 Å². The molecule has 1 aliphatic heterocycles. The van der Waals surface area contributed by atoms with Crippen molar-refractivity contribution in [3.63, 3.8) is 0 Å². The summed E-state index contributed by atoms with van der Waals surface area (Å²) in [5.41, 5.74) is 12.4. The van der Waals surface area contributed by atoms with Crippen LogP contribution in [0.4, 0.5) is 34.1 Å². The van der Waals surface area contributed by atoms with Crippen molar-refractivity contribution in [3.05, 3.63) is 181 Å². The van der Waals surface area contributed by atoms with Crippen molar-refractivity contribution in [2.24, 2.45) is 0 Å². The second-order valence-electron chi connectivity index (χ2n) is 15.1. The Hall–Kier alpha value is -6.16. The number of para-hydroxylation sites is 3. The van der Waals surface area contributed by atoms with Gasteiger partial charge in [0, 0.05) is 33.5 Å². The van der Waals surface area contributed by atoms with E-state index in [0.29, 0.717) is 0 Å². The number of nitrogens with zero attached hydrogens (tertiary/aromatic N) is 2. The molecule has 2 nitrogen and oxygen atoms in total. The first-order valence-electron chi connectivity index (χ1n) is 18.6. The van der Waals surface area contributed by atoms with Crippen LogP contribution >= 0.6 is 0 Å². The van der Waals surface area contributed by atoms with Crippen LogP contribution in [-0.2, 0) is 0 Å². The monoisotopic (exact) mass is 696 g/mol. The molecule has 0 radical (unpaired) electrons. The second kappa shape index (κ2) is 11.9. The number of hydrogen-bond donors (Lipinski definition) is 0. The Balaban J connectivity index is 1.25. The van der Waals surface area contributed by atoms with Crippen LogP contribution < -0.4 is 20.2 Å². The van der Waals surface area contributed by atoms with E-state index in [0.717, 1.165) is 17.1 Å². The number of hydrogen-bond acceptors (Lipinski definition) is 2. The minimum atomic E-state index is -1.89. The van der Waals surface area contributed by atoms with Gasteiger partial charge in [0.2, 0.25) is 0 Å². The lowest BCUT2D eigenvalue weighted by atomic mass is 9.88. The molecule has 0 atom stereocenters. The summed E-state index contributed by atoms with van der Waals surface area (Å²) in [6, 6.07) is 62.9. The number of rotatable bonds is 6. The van der Waals surface area contributed by atoms with Crippen LogP contribution in [-0.4, -0.2) is 8.07 Å². The van der Waals surface area contributed by atoms with E-state index >= 15 is 0 Å². The van der Waals surface area contributed by atoms with E-state index in [9.17, 15) is 0 Å². The topological polar surface area (TPSA) is 6.48 Å². The zero-order valence-corrected chi connectivity index (χ0v) is 31.6. The number of fused-ring (bicyclic) bond motifs is 3. The van der Waals surface area contributed by atoms with Crippen LogP contribution in [0.15, 0.2) is 170 Å². The Bertz CT molecular complexity index is 2790. The van der Waals surface area contributed by atoms with Gasteiger partial charge in [0.15, 0.2) is 0 Å². The molecule has 53 heavy (non-hydrogen) atoms. The van der Waals surface area contributed by atoms with Crippen LogP contribution in [0.2, 0.25) is 13.1 Å². The van der Waals surface area contributed by atoms with Crippen LogP contribution in [0, 0.1) is 13.8 Å². The molecular weight excluding hydrogens is 657 g/mol. The van der Waals surface area contributed by atoms with Crippen molar-refractivity contribution in [2.75, 3.05) is 9.80 Å². The standard InChI is InChI=1S/C50H40N2Si/c1-33-30-45(51(35-16-8-5-9-17-35)36-18-10-6-11-19-36)43-28-26-40-34(2)31-46(44-29-27-39(33)49(43)50(40)44)52(37-20-12-7-13-21-37)38-24-25-42-41-22-14-15-23-47(41)53(3,4)48(42)32-38/h5-32H,1-4H3. The molecule has 0 spiro atoms. The summed E-state index contributed by atoms with van der Waals surface area (Å²) in [7, 11) is -1.89. The largest absolute Gasteiger partial charge is 0.310 e. The molecule has 254 valence electrons. The van der Waals surface area contributed by atoms with E-state index in [4.69, 9.17) is 0 Å². The summed E-state index contributed by atoms with van der Waals surface area (Å²) in [5.74, 6) is 0. The smallest absolute Gasteiger partial charge is 0.113 e. The van der Waals surface area contributed by atoms with Crippen LogP contribution in [0.3, 0.4) is 0 Å². The first-order valence-corrected chi connectivity index (χ1v) is 21.6. The fourth-order valence-electron chi connectivity index (χ4n) is 9.09. The molecule has 3 heteroatoms. The van der Waals surface area contributed by atoms with E-state index in [-0.39, 0.29) is 0 Å². The zero-order valence-electron chi connectivity index (χ0n) is 30.6. The lowest BCUT2D eigenvalue weighted by Crippen LogP contribution is -2.49. The molecular formula is C50H40N2Si. The fourth-order valence-corrected chi connectivity index (χ4v) is 12.2. The van der Waals surface area contributed by atoms with Crippen LogP contribution in [0.25, 0.3) is 43.4 Å². The van der Waals surface area contributed by atoms with Gasteiger partial charge in [0.1, 0.15) is 8.07 Å². The number of aryl methyl sites for hydroxylation is 2. The molecule has 0 unspecified atom stereocenters. The molecule has 0 fully saturated rings. The van der Waals surface area contributed by atoms with Gasteiger partial charge in [-0.1, -0.05) is 122 Å². The Labute approximate surface area is 312 Å². The maximum atomic E-state index is 2.50. The minimum absolute atomic E-state index is 1.14. The Morgan fingerprint density at radius 3 is 1.28 bits per heavy atom. The van der Waals surface area contributed by atoms with Gasteiger partial charge in [-0.05, 0) is 129 Å². The fraction of sp³-hybridized carbons (Fsp3) is 0.0800. The Morgan fingerprint density at radius 1 is 0.358 bits per heavy atom. The van der Waals surface area contributed by atoms with Gasteiger partial charge < -0.3 is 9.80 Å². The Kier molecular flexibility index (Phi) is 7.11. The highest BCUT2D eigenvalue weighted by atomic mass is 28.3. The molecule has 9 aromatic carbocycles. The first-order chi connectivity index (χ1) is 25.9. The van der Waals surface area contributed by atoms with E-state index in [1.165, 1.54) is 82.0 Å². The predicted octanol–water partition coefficient (Wildman–Crippen LogP) is 12.9. The lowest BCUT2D eigenvalue weighted by molar-refractivity contribution is 1.29. The third-order valence-corrected chi connectivity index (χ3v) is 15.2. The average molecular weight is 697 g/mol. The molecule has 0 saturated heterocycles. The third kappa shape index (κ3) is 4.77. The summed E-state index contributed by atoms with van der Waals surface area (Å²) in [6.45, 7) is 9.55. The minimum Gasteiger partial charge on any atom is -0.310 e. The van der Waals surface area contributed by atoms with Gasteiger partial charge in [-0.25, -0.2) is 0 Å². The van der Waals surface area contributed by atoms with Crippen molar-refractivity contribution in [3.8, 4) is 11.1 Å². The van der Waals surface area contributed by atoms with Gasteiger partial charge in [-0.2, -0.15) is 0 Å². The van der Waals surface area contributed by atoms with Crippen molar-refractivity contribution in [1.29, 1.82) is 0 Å². The van der Waals surface area contributed by atoms with Crippen molar-refractivity contribution in [1.82, 2.24) is 0 Å². The molecule has 9 aromatic rings. The maximum Gasteiger partial charge on any atom is 0.113 e. The normalized spacial score (nSPS) is 13.1. The van der Waals surface area contributed by atoms with Gasteiger partial charge >= 0.3 is 0 Å². The molecule has 1 aliphatic rings. The highest BCUT2D eigenvalue weighted by Gasteiger charge is 2.37. The zero-order chi connectivity index (χ0) is 35.8. The van der Waals surface area contributed by atoms with Crippen LogP contribution in [0.5, 0.6) is 0 Å². The average Bonchev–Trinajstić information content (AvgIpc) is 3.42. The van der Waals surface area contributed by atoms with Crippen LogP contribution in [0.1, 0.15) is 11.1 Å². The number of anilines is 6. The van der Waals surface area contributed by atoms with E-state index in [2.05, 4.69) is 207 Å². The molecule has 0 aliphatic carbocycles. The highest BCUT2D eigenvalue weighted by Crippen LogP contribution is 2.49. The van der Waals surface area contributed by atoms with E-state index < -0.39 is 8.07 Å². The van der Waals surface area contributed by atoms with Crippen molar-refractivity contribution >= 4 is 84.9 Å². The summed E-state index contributed by atoms with van der Waals surface area (Å²) < 4.78 is 0. The van der Waals surface area contributed by atoms with Crippen molar-refractivity contribution < 1.29 is 0 Å². The second-order valence-corrected chi connectivity index (χ2v) is 19.4. The molecule has 10 rings (SSSR count). The van der Waals surface area contributed by atoms with Gasteiger partial charge in [0.05, 0.1) is 11.4 Å². The molecule has 0 saturated carbocycles. The Morgan fingerprint density at radius 2 is 0.774 bits per heavy atom. The van der Waals surface area contributed by atoms with E-state index in [1.807, 2.05) is 0 Å². The lowest BCUT2D eigenvalue weighted by Gasteiger charge is -2.31. The quantitative estimate of drug-likeness (QED) is 0.126.